The fourth-order valence-electron chi connectivity index (χ4n) is 3.90. The molecule has 4 aromatic carbocycles. The van der Waals surface area contributed by atoms with Crippen molar-refractivity contribution in [3.8, 4) is 11.5 Å². The molecule has 6 nitrogen and oxygen atoms in total. The molecule has 0 amide bonds. The van der Waals surface area contributed by atoms with E-state index < -0.39 is 23.4 Å². The van der Waals surface area contributed by atoms with Crippen molar-refractivity contribution in [2.45, 2.75) is 24.8 Å². The Labute approximate surface area is 222 Å². The molecule has 4 rings (SSSR count). The fourth-order valence-corrected chi connectivity index (χ4v) is 7.53. The van der Waals surface area contributed by atoms with Gasteiger partial charge in [-0.05, 0) is 68.4 Å². The minimum atomic E-state index is -3.85. The molecule has 0 heterocycles. The van der Waals surface area contributed by atoms with Crippen molar-refractivity contribution in [3.05, 3.63) is 113 Å². The molecule has 37 heavy (non-hydrogen) atoms. The summed E-state index contributed by atoms with van der Waals surface area (Å²) >= 11 is 6.30. The van der Waals surface area contributed by atoms with E-state index in [-0.39, 0.29) is 10.6 Å². The van der Waals surface area contributed by atoms with Gasteiger partial charge in [0.2, 0.25) is 10.0 Å². The lowest BCUT2D eigenvalue weighted by Crippen LogP contribution is -2.28. The van der Waals surface area contributed by atoms with Crippen molar-refractivity contribution in [1.82, 2.24) is 4.72 Å². The SMILES string of the molecule is COc1ccccc1P(=O)(Oc1ccc(Cl)cc1[C@@H](C)NS(=O)(=O)c1ccc(C)cc1)c1ccccc1. The maximum absolute atomic E-state index is 14.7. The second-order valence-corrected chi connectivity index (χ2v) is 12.9. The molecule has 0 aliphatic heterocycles. The lowest BCUT2D eigenvalue weighted by molar-refractivity contribution is 0.416. The van der Waals surface area contributed by atoms with E-state index in [4.69, 9.17) is 20.9 Å². The van der Waals surface area contributed by atoms with Gasteiger partial charge in [0.1, 0.15) is 11.5 Å². The summed E-state index contributed by atoms with van der Waals surface area (Å²) in [7, 11) is -6.09. The molecule has 0 spiro atoms. The molecule has 2 atom stereocenters. The van der Waals surface area contributed by atoms with Crippen molar-refractivity contribution in [2.24, 2.45) is 0 Å². The number of aryl methyl sites for hydroxylation is 1. The van der Waals surface area contributed by atoms with E-state index >= 15 is 0 Å². The zero-order chi connectivity index (χ0) is 26.6. The van der Waals surface area contributed by atoms with Crippen molar-refractivity contribution in [1.29, 1.82) is 0 Å². The van der Waals surface area contributed by atoms with E-state index in [1.54, 1.807) is 97.9 Å². The highest BCUT2D eigenvalue weighted by Crippen LogP contribution is 2.49. The van der Waals surface area contributed by atoms with Gasteiger partial charge in [-0.15, -0.1) is 0 Å². The lowest BCUT2D eigenvalue weighted by Gasteiger charge is -2.25. The monoisotopic (exact) mass is 555 g/mol. The van der Waals surface area contributed by atoms with Gasteiger partial charge in [0.15, 0.2) is 0 Å². The van der Waals surface area contributed by atoms with E-state index in [9.17, 15) is 13.0 Å². The van der Waals surface area contributed by atoms with E-state index in [0.717, 1.165) is 5.56 Å². The Morgan fingerprint density at radius 3 is 2.19 bits per heavy atom. The van der Waals surface area contributed by atoms with Crippen molar-refractivity contribution in [3.63, 3.8) is 0 Å². The highest BCUT2D eigenvalue weighted by atomic mass is 35.5. The normalized spacial score (nSPS) is 13.9. The van der Waals surface area contributed by atoms with Crippen LogP contribution in [0.2, 0.25) is 5.02 Å². The second-order valence-electron chi connectivity index (χ2n) is 8.49. The first-order chi connectivity index (χ1) is 17.6. The Balaban J connectivity index is 1.78. The first-order valence-corrected chi connectivity index (χ1v) is 15.0. The van der Waals surface area contributed by atoms with Gasteiger partial charge in [-0.3, -0.25) is 4.57 Å². The average molecular weight is 556 g/mol. The fraction of sp³-hybridized carbons (Fsp3) is 0.143. The van der Waals surface area contributed by atoms with Crippen LogP contribution < -0.4 is 24.6 Å². The Hall–Kier alpha value is -3.09. The summed E-state index contributed by atoms with van der Waals surface area (Å²) in [5.41, 5.74) is 1.39. The van der Waals surface area contributed by atoms with Gasteiger partial charge in [-0.25, -0.2) is 13.1 Å². The molecular weight excluding hydrogens is 529 g/mol. The van der Waals surface area contributed by atoms with Gasteiger partial charge < -0.3 is 9.26 Å². The lowest BCUT2D eigenvalue weighted by atomic mass is 10.1. The molecule has 0 aliphatic carbocycles. The van der Waals surface area contributed by atoms with Crippen LogP contribution in [0.5, 0.6) is 11.5 Å². The van der Waals surface area contributed by atoms with Crippen LogP contribution in [-0.4, -0.2) is 15.5 Å². The van der Waals surface area contributed by atoms with Crippen molar-refractivity contribution >= 4 is 39.6 Å². The topological polar surface area (TPSA) is 81.7 Å². The molecule has 1 N–H and O–H groups in total. The molecular formula is C28H27ClNO5PS. The molecule has 0 aliphatic rings. The average Bonchev–Trinajstić information content (AvgIpc) is 2.90. The van der Waals surface area contributed by atoms with E-state index in [1.165, 1.54) is 7.11 Å². The van der Waals surface area contributed by atoms with E-state index in [0.29, 0.717) is 26.9 Å². The predicted octanol–water partition coefficient (Wildman–Crippen LogP) is 6.00. The number of sulfonamides is 1. The molecule has 0 radical (unpaired) electrons. The summed E-state index contributed by atoms with van der Waals surface area (Å²) in [5, 5.41) is 1.24. The van der Waals surface area contributed by atoms with Gasteiger partial charge in [-0.2, -0.15) is 0 Å². The number of benzene rings is 4. The summed E-state index contributed by atoms with van der Waals surface area (Å²) in [4.78, 5) is 0.137. The maximum Gasteiger partial charge on any atom is 0.310 e. The third-order valence-electron chi connectivity index (χ3n) is 5.83. The van der Waals surface area contributed by atoms with Crippen LogP contribution in [0.3, 0.4) is 0 Å². The molecule has 0 aromatic heterocycles. The maximum atomic E-state index is 14.7. The number of hydrogen-bond acceptors (Lipinski definition) is 5. The Morgan fingerprint density at radius 2 is 1.51 bits per heavy atom. The molecule has 192 valence electrons. The van der Waals surface area contributed by atoms with Crippen LogP contribution in [0.4, 0.5) is 0 Å². The first kappa shape index (κ1) is 27.0. The second kappa shape index (κ2) is 11.1. The largest absolute Gasteiger partial charge is 0.496 e. The van der Waals surface area contributed by atoms with Crippen molar-refractivity contribution < 1.29 is 22.2 Å². The van der Waals surface area contributed by atoms with Crippen molar-refractivity contribution in [2.75, 3.05) is 7.11 Å². The highest BCUT2D eigenvalue weighted by molar-refractivity contribution is 7.89. The Morgan fingerprint density at radius 1 is 0.865 bits per heavy atom. The van der Waals surface area contributed by atoms with Crippen LogP contribution in [0.15, 0.2) is 102 Å². The van der Waals surface area contributed by atoms with Gasteiger partial charge in [-0.1, -0.05) is 59.6 Å². The predicted molar refractivity (Wildman–Crippen MR) is 148 cm³/mol. The summed E-state index contributed by atoms with van der Waals surface area (Å²) in [6.07, 6.45) is 0. The third kappa shape index (κ3) is 5.91. The summed E-state index contributed by atoms with van der Waals surface area (Å²) < 4.78 is 55.4. The van der Waals surface area contributed by atoms with Crippen LogP contribution in [-0.2, 0) is 14.6 Å². The van der Waals surface area contributed by atoms with E-state index in [2.05, 4.69) is 4.72 Å². The highest BCUT2D eigenvalue weighted by Gasteiger charge is 2.34. The third-order valence-corrected chi connectivity index (χ3v) is 10.1. The van der Waals surface area contributed by atoms with Gasteiger partial charge in [0.25, 0.3) is 0 Å². The molecule has 1 unspecified atom stereocenters. The van der Waals surface area contributed by atoms with Gasteiger partial charge >= 0.3 is 7.37 Å². The number of halogens is 1. The number of ether oxygens (including phenoxy) is 1. The minimum Gasteiger partial charge on any atom is -0.496 e. The smallest absolute Gasteiger partial charge is 0.310 e. The zero-order valence-electron chi connectivity index (χ0n) is 20.6. The van der Waals surface area contributed by atoms with Crippen LogP contribution in [0.25, 0.3) is 0 Å². The molecule has 0 fully saturated rings. The first-order valence-electron chi connectivity index (χ1n) is 11.5. The van der Waals surface area contributed by atoms with E-state index in [1.807, 2.05) is 13.0 Å². The number of hydrogen-bond donors (Lipinski definition) is 1. The summed E-state index contributed by atoms with van der Waals surface area (Å²) in [5.74, 6) is 0.653. The number of nitrogens with one attached hydrogen (secondary N) is 1. The van der Waals surface area contributed by atoms with Gasteiger partial charge in [0, 0.05) is 16.6 Å². The molecule has 0 saturated carbocycles. The van der Waals surface area contributed by atoms with Crippen LogP contribution in [0.1, 0.15) is 24.1 Å². The quantitative estimate of drug-likeness (QED) is 0.256. The summed E-state index contributed by atoms with van der Waals surface area (Å²) in [6.45, 7) is 3.57. The molecule has 9 heteroatoms. The number of rotatable bonds is 9. The van der Waals surface area contributed by atoms with Crippen LogP contribution >= 0.6 is 19.0 Å². The minimum absolute atomic E-state index is 0.137. The standard InChI is InChI=1S/C28H27ClNO5PS/c1-20-13-16-24(17-14-20)37(32,33)30-21(2)25-19-22(29)15-18-26(25)35-36(31,23-9-5-4-6-10-23)28-12-8-7-11-27(28)34-3/h4-19,21,30H,1-3H3/t21-,36?/m1/s1. The van der Waals surface area contributed by atoms with Crippen LogP contribution in [0, 0.1) is 6.92 Å². The summed E-state index contributed by atoms with van der Waals surface area (Å²) in [6, 6.07) is 26.4. The number of para-hydroxylation sites is 1. The molecule has 0 saturated heterocycles. The Bertz CT molecular complexity index is 1540. The zero-order valence-corrected chi connectivity index (χ0v) is 23.1. The Kier molecular flexibility index (Phi) is 8.10. The molecule has 4 aromatic rings. The van der Waals surface area contributed by atoms with Gasteiger partial charge in [0.05, 0.1) is 22.6 Å². The molecule has 0 bridgehead atoms. The number of methoxy groups -OCH3 is 1.